The molecular weight excluding hydrogens is 314 g/mol. The van der Waals surface area contributed by atoms with Crippen molar-refractivity contribution in [1.29, 1.82) is 0 Å². The Hall–Kier alpha value is -2.33. The summed E-state index contributed by atoms with van der Waals surface area (Å²) in [6.07, 6.45) is 2.88. The number of amides is 1. The van der Waals surface area contributed by atoms with Gasteiger partial charge in [-0.3, -0.25) is 4.79 Å². The molecule has 2 aromatic carbocycles. The van der Waals surface area contributed by atoms with Gasteiger partial charge < -0.3 is 14.8 Å². The summed E-state index contributed by atoms with van der Waals surface area (Å²) in [4.78, 5) is 12.7. The summed E-state index contributed by atoms with van der Waals surface area (Å²) >= 11 is 0. The third kappa shape index (κ3) is 3.27. The van der Waals surface area contributed by atoms with Gasteiger partial charge in [-0.2, -0.15) is 0 Å². The Morgan fingerprint density at radius 2 is 2.12 bits per heavy atom. The fraction of sp³-hybridized carbons (Fsp3) is 0.381. The second-order valence-corrected chi connectivity index (χ2v) is 6.92. The Morgan fingerprint density at radius 1 is 1.24 bits per heavy atom. The molecule has 0 radical (unpaired) electrons. The predicted octanol–water partition coefficient (Wildman–Crippen LogP) is 3.30. The van der Waals surface area contributed by atoms with Gasteiger partial charge in [-0.1, -0.05) is 24.3 Å². The second-order valence-electron chi connectivity index (χ2n) is 6.92. The van der Waals surface area contributed by atoms with E-state index >= 15 is 0 Å². The molecule has 0 spiro atoms. The van der Waals surface area contributed by atoms with Gasteiger partial charge in [0.05, 0.1) is 19.3 Å². The molecule has 130 valence electrons. The molecule has 1 aliphatic heterocycles. The summed E-state index contributed by atoms with van der Waals surface area (Å²) in [5.41, 5.74) is 4.38. The first-order valence-electron chi connectivity index (χ1n) is 8.88. The summed E-state index contributed by atoms with van der Waals surface area (Å²) in [6.45, 7) is 1.35. The molecule has 2 atom stereocenters. The summed E-state index contributed by atoms with van der Waals surface area (Å²) < 4.78 is 11.0. The van der Waals surface area contributed by atoms with Crippen molar-refractivity contribution in [2.24, 2.45) is 5.92 Å². The van der Waals surface area contributed by atoms with Crippen molar-refractivity contribution in [3.63, 3.8) is 0 Å². The van der Waals surface area contributed by atoms with E-state index in [0.717, 1.165) is 30.6 Å². The molecule has 1 aliphatic carbocycles. The van der Waals surface area contributed by atoms with Crippen LogP contribution in [0, 0.1) is 5.92 Å². The number of hydrogen-bond acceptors (Lipinski definition) is 3. The number of fused-ring (bicyclic) bond motifs is 2. The number of methoxy groups -OCH3 is 1. The number of carbonyl (C=O) groups excluding carboxylic acids is 1. The van der Waals surface area contributed by atoms with Crippen LogP contribution >= 0.6 is 0 Å². The smallest absolute Gasteiger partial charge is 0.251 e. The van der Waals surface area contributed by atoms with Crippen LogP contribution in [0.25, 0.3) is 0 Å². The highest BCUT2D eigenvalue weighted by atomic mass is 16.5. The van der Waals surface area contributed by atoms with Gasteiger partial charge in [0.15, 0.2) is 0 Å². The van der Waals surface area contributed by atoms with E-state index in [2.05, 4.69) is 23.5 Å². The average molecular weight is 337 g/mol. The predicted molar refractivity (Wildman–Crippen MR) is 96.0 cm³/mol. The Bertz CT molecular complexity index is 786. The van der Waals surface area contributed by atoms with Crippen molar-refractivity contribution < 1.29 is 14.3 Å². The molecular formula is C21H23NO3. The summed E-state index contributed by atoms with van der Waals surface area (Å²) in [5.74, 6) is 1.21. The quantitative estimate of drug-likeness (QED) is 0.931. The topological polar surface area (TPSA) is 47.6 Å². The third-order valence-corrected chi connectivity index (χ3v) is 5.15. The fourth-order valence-corrected chi connectivity index (χ4v) is 3.89. The zero-order valence-corrected chi connectivity index (χ0v) is 14.5. The Kier molecular flexibility index (Phi) is 4.45. The first-order valence-corrected chi connectivity index (χ1v) is 8.88. The first kappa shape index (κ1) is 16.2. The van der Waals surface area contributed by atoms with Crippen LogP contribution in [-0.4, -0.2) is 26.2 Å². The number of rotatable bonds is 4. The van der Waals surface area contributed by atoms with Crippen LogP contribution in [-0.2, 0) is 17.6 Å². The zero-order chi connectivity index (χ0) is 17.2. The van der Waals surface area contributed by atoms with Crippen molar-refractivity contribution in [3.05, 3.63) is 64.7 Å². The molecule has 25 heavy (non-hydrogen) atoms. The van der Waals surface area contributed by atoms with Gasteiger partial charge in [0.2, 0.25) is 0 Å². The highest BCUT2D eigenvalue weighted by Crippen LogP contribution is 2.32. The van der Waals surface area contributed by atoms with Gasteiger partial charge in [0.25, 0.3) is 5.91 Å². The molecule has 1 N–H and O–H groups in total. The van der Waals surface area contributed by atoms with Gasteiger partial charge in [0, 0.05) is 18.6 Å². The molecule has 0 bridgehead atoms. The minimum Gasteiger partial charge on any atom is -0.493 e. The van der Waals surface area contributed by atoms with Crippen LogP contribution in [0.3, 0.4) is 0 Å². The van der Waals surface area contributed by atoms with Crippen LogP contribution in [0.5, 0.6) is 5.75 Å². The molecule has 1 amide bonds. The lowest BCUT2D eigenvalue weighted by molar-refractivity contribution is 0.0935. The van der Waals surface area contributed by atoms with Gasteiger partial charge in [0.1, 0.15) is 5.75 Å². The third-order valence-electron chi connectivity index (χ3n) is 5.15. The zero-order valence-electron chi connectivity index (χ0n) is 14.5. The highest BCUT2D eigenvalue weighted by molar-refractivity contribution is 5.95. The largest absolute Gasteiger partial charge is 0.493 e. The van der Waals surface area contributed by atoms with Crippen LogP contribution in [0.4, 0.5) is 0 Å². The highest BCUT2D eigenvalue weighted by Gasteiger charge is 2.25. The first-order chi connectivity index (χ1) is 12.2. The van der Waals surface area contributed by atoms with Gasteiger partial charge in [-0.15, -0.1) is 0 Å². The maximum Gasteiger partial charge on any atom is 0.251 e. The Morgan fingerprint density at radius 3 is 3.00 bits per heavy atom. The second kappa shape index (κ2) is 6.89. The summed E-state index contributed by atoms with van der Waals surface area (Å²) in [6, 6.07) is 14.2. The maximum absolute atomic E-state index is 12.7. The number of ether oxygens (including phenoxy) is 2. The van der Waals surface area contributed by atoms with Gasteiger partial charge in [-0.05, 0) is 54.2 Å². The lowest BCUT2D eigenvalue weighted by atomic mass is 9.95. The number of aryl methyl sites for hydroxylation is 1. The average Bonchev–Trinajstić information content (AvgIpc) is 3.04. The molecule has 2 aliphatic rings. The lowest BCUT2D eigenvalue weighted by Crippen LogP contribution is -2.28. The maximum atomic E-state index is 12.7. The molecule has 2 unspecified atom stereocenters. The number of carbonyl (C=O) groups is 1. The minimum atomic E-state index is -0.0154. The molecule has 4 nitrogen and oxygen atoms in total. The summed E-state index contributed by atoms with van der Waals surface area (Å²) in [5, 5.41) is 3.19. The van der Waals surface area contributed by atoms with Crippen molar-refractivity contribution in [2.45, 2.75) is 25.3 Å². The molecule has 0 fully saturated rings. The fourth-order valence-electron chi connectivity index (χ4n) is 3.89. The Balaban J connectivity index is 1.49. The molecule has 0 aromatic heterocycles. The van der Waals surface area contributed by atoms with E-state index in [1.165, 1.54) is 11.1 Å². The number of hydrogen-bond donors (Lipinski definition) is 1. The molecule has 4 heteroatoms. The van der Waals surface area contributed by atoms with E-state index in [-0.39, 0.29) is 11.9 Å². The van der Waals surface area contributed by atoms with E-state index in [0.29, 0.717) is 24.7 Å². The van der Waals surface area contributed by atoms with E-state index < -0.39 is 0 Å². The van der Waals surface area contributed by atoms with Gasteiger partial charge >= 0.3 is 0 Å². The normalized spacial score (nSPS) is 21.2. The molecule has 1 heterocycles. The van der Waals surface area contributed by atoms with E-state index in [4.69, 9.17) is 9.47 Å². The molecule has 4 rings (SSSR count). The lowest BCUT2D eigenvalue weighted by Gasteiger charge is -2.25. The van der Waals surface area contributed by atoms with E-state index in [9.17, 15) is 4.79 Å². The van der Waals surface area contributed by atoms with E-state index in [1.807, 2.05) is 24.3 Å². The van der Waals surface area contributed by atoms with E-state index in [1.54, 1.807) is 7.11 Å². The van der Waals surface area contributed by atoms with Crippen LogP contribution < -0.4 is 10.1 Å². The number of benzene rings is 2. The van der Waals surface area contributed by atoms with Gasteiger partial charge in [-0.25, -0.2) is 0 Å². The minimum absolute atomic E-state index is 0.0154. The van der Waals surface area contributed by atoms with Crippen LogP contribution in [0.15, 0.2) is 42.5 Å². The van der Waals surface area contributed by atoms with Crippen molar-refractivity contribution in [2.75, 3.05) is 20.3 Å². The van der Waals surface area contributed by atoms with Crippen molar-refractivity contribution >= 4 is 5.91 Å². The summed E-state index contributed by atoms with van der Waals surface area (Å²) in [7, 11) is 1.71. The Labute approximate surface area is 148 Å². The monoisotopic (exact) mass is 337 g/mol. The van der Waals surface area contributed by atoms with Crippen molar-refractivity contribution in [1.82, 2.24) is 5.32 Å². The van der Waals surface area contributed by atoms with Crippen LogP contribution in [0.1, 0.15) is 39.5 Å². The SMILES string of the molecule is COCC1COc2ccc(C(=O)NC3CCc4ccccc43)cc2C1. The van der Waals surface area contributed by atoms with Crippen LogP contribution in [0.2, 0.25) is 0 Å². The molecule has 0 saturated carbocycles. The molecule has 2 aromatic rings. The standard InChI is InChI=1S/C21H23NO3/c1-24-12-14-10-17-11-16(7-9-20(17)25-13-14)21(23)22-19-8-6-15-4-2-3-5-18(15)19/h2-5,7,9,11,14,19H,6,8,10,12-13H2,1H3,(H,22,23). The van der Waals surface area contributed by atoms with Crippen molar-refractivity contribution in [3.8, 4) is 5.75 Å². The molecule has 0 saturated heterocycles. The number of nitrogens with one attached hydrogen (secondary N) is 1.